The molecule has 2 N–H and O–H groups in total. The monoisotopic (exact) mass is 332 g/mol. The summed E-state index contributed by atoms with van der Waals surface area (Å²) in [5.74, 6) is 0.322. The zero-order chi connectivity index (χ0) is 16.8. The average molecular weight is 332 g/mol. The van der Waals surface area contributed by atoms with E-state index in [1.165, 1.54) is 7.11 Å². The molecule has 0 radical (unpaired) electrons. The summed E-state index contributed by atoms with van der Waals surface area (Å²) in [5.41, 5.74) is 2.18. The van der Waals surface area contributed by atoms with Crippen molar-refractivity contribution in [1.82, 2.24) is 10.6 Å². The molecule has 0 unspecified atom stereocenters. The molecule has 0 spiro atoms. The lowest BCUT2D eigenvalue weighted by Gasteiger charge is -2.30. The van der Waals surface area contributed by atoms with Crippen LogP contribution < -0.4 is 15.4 Å². The first-order chi connectivity index (χ1) is 11.1. The summed E-state index contributed by atoms with van der Waals surface area (Å²) in [6.07, 6.45) is 2.33. The van der Waals surface area contributed by atoms with Crippen LogP contribution in [0.3, 0.4) is 0 Å². The van der Waals surface area contributed by atoms with Crippen molar-refractivity contribution in [3.05, 3.63) is 53.8 Å². The number of benzene rings is 1. The number of thiocarbonyl (C=S) groups is 1. The van der Waals surface area contributed by atoms with E-state index in [1.54, 1.807) is 6.08 Å². The number of rotatable bonds is 6. The third kappa shape index (κ3) is 3.90. The van der Waals surface area contributed by atoms with E-state index in [4.69, 9.17) is 21.7 Å². The van der Waals surface area contributed by atoms with Gasteiger partial charge < -0.3 is 20.1 Å². The van der Waals surface area contributed by atoms with Crippen LogP contribution in [-0.4, -0.2) is 24.8 Å². The van der Waals surface area contributed by atoms with Gasteiger partial charge in [0.2, 0.25) is 0 Å². The molecule has 0 saturated heterocycles. The van der Waals surface area contributed by atoms with Crippen molar-refractivity contribution in [2.45, 2.75) is 19.4 Å². The molecule has 0 aromatic heterocycles. The standard InChI is InChI=1S/C17H20N2O3S/c1-4-9-22-12-8-6-7-11(10-12)15-14(16(20)21-3)13(5-2)18-17(23)19-15/h4,6-8,10,15H,1,5,9H2,2-3H3,(H2,18,19,23)/t15-/m1/s1. The van der Waals surface area contributed by atoms with E-state index < -0.39 is 0 Å². The number of carbonyl (C=O) groups excluding carboxylic acids is 1. The van der Waals surface area contributed by atoms with Gasteiger partial charge in [-0.15, -0.1) is 0 Å². The highest BCUT2D eigenvalue weighted by atomic mass is 32.1. The molecule has 1 aromatic carbocycles. The minimum Gasteiger partial charge on any atom is -0.490 e. The van der Waals surface area contributed by atoms with Crippen molar-refractivity contribution in [2.75, 3.05) is 13.7 Å². The summed E-state index contributed by atoms with van der Waals surface area (Å²) in [6, 6.07) is 7.15. The fourth-order valence-corrected chi connectivity index (χ4v) is 2.68. The molecule has 1 aliphatic heterocycles. The molecule has 0 fully saturated rings. The van der Waals surface area contributed by atoms with Gasteiger partial charge in [-0.3, -0.25) is 0 Å². The lowest BCUT2D eigenvalue weighted by atomic mass is 9.94. The van der Waals surface area contributed by atoms with Crippen LogP contribution in [-0.2, 0) is 9.53 Å². The first kappa shape index (κ1) is 17.0. The molecule has 0 saturated carbocycles. The number of methoxy groups -OCH3 is 1. The molecule has 0 aliphatic carbocycles. The van der Waals surface area contributed by atoms with Crippen LogP contribution in [0.4, 0.5) is 0 Å². The first-order valence-electron chi connectivity index (χ1n) is 7.33. The highest BCUT2D eigenvalue weighted by Crippen LogP contribution is 2.30. The first-order valence-corrected chi connectivity index (χ1v) is 7.74. The van der Waals surface area contributed by atoms with Gasteiger partial charge in [-0.25, -0.2) is 4.79 Å². The maximum atomic E-state index is 12.2. The molecule has 6 heteroatoms. The van der Waals surface area contributed by atoms with Gasteiger partial charge in [-0.2, -0.15) is 0 Å². The van der Waals surface area contributed by atoms with Crippen LogP contribution in [0.25, 0.3) is 0 Å². The van der Waals surface area contributed by atoms with E-state index >= 15 is 0 Å². The van der Waals surface area contributed by atoms with Gasteiger partial charge in [0.15, 0.2) is 5.11 Å². The topological polar surface area (TPSA) is 59.6 Å². The molecule has 2 rings (SSSR count). The van der Waals surface area contributed by atoms with E-state index in [9.17, 15) is 4.79 Å². The minimum absolute atomic E-state index is 0.376. The molecular weight excluding hydrogens is 312 g/mol. The zero-order valence-electron chi connectivity index (χ0n) is 13.2. The van der Waals surface area contributed by atoms with Crippen molar-refractivity contribution < 1.29 is 14.3 Å². The van der Waals surface area contributed by atoms with Gasteiger partial charge >= 0.3 is 5.97 Å². The number of hydrogen-bond acceptors (Lipinski definition) is 4. The van der Waals surface area contributed by atoms with Crippen molar-refractivity contribution in [3.8, 4) is 5.75 Å². The third-order valence-corrected chi connectivity index (χ3v) is 3.69. The predicted molar refractivity (Wildman–Crippen MR) is 93.1 cm³/mol. The number of esters is 1. The Morgan fingerprint density at radius 3 is 2.91 bits per heavy atom. The molecule has 0 bridgehead atoms. The average Bonchev–Trinajstić information content (AvgIpc) is 2.58. The predicted octanol–water partition coefficient (Wildman–Crippen LogP) is 2.61. The Hall–Kier alpha value is -2.34. The second-order valence-corrected chi connectivity index (χ2v) is 5.35. The van der Waals surface area contributed by atoms with Gasteiger partial charge in [0.05, 0.1) is 18.7 Å². The highest BCUT2D eigenvalue weighted by Gasteiger charge is 2.31. The Balaban J connectivity index is 2.43. The van der Waals surface area contributed by atoms with Gasteiger partial charge in [-0.05, 0) is 36.3 Å². The SMILES string of the molecule is C=CCOc1cccc([C@H]2NC(=S)NC(CC)=C2C(=O)OC)c1. The molecular formula is C17H20N2O3S. The minimum atomic E-state index is -0.383. The largest absolute Gasteiger partial charge is 0.490 e. The van der Waals surface area contributed by atoms with E-state index in [-0.39, 0.29) is 12.0 Å². The number of hydrogen-bond donors (Lipinski definition) is 2. The maximum Gasteiger partial charge on any atom is 0.337 e. The molecule has 1 atom stereocenters. The molecule has 5 nitrogen and oxygen atoms in total. The molecule has 1 aromatic rings. The van der Waals surface area contributed by atoms with Gasteiger partial charge in [-0.1, -0.05) is 31.7 Å². The Kier molecular flexibility index (Phi) is 5.76. The van der Waals surface area contributed by atoms with Crippen molar-refractivity contribution >= 4 is 23.3 Å². The van der Waals surface area contributed by atoms with Gasteiger partial charge in [0, 0.05) is 5.70 Å². The number of ether oxygens (including phenoxy) is 2. The Morgan fingerprint density at radius 2 is 2.26 bits per heavy atom. The smallest absolute Gasteiger partial charge is 0.337 e. The summed E-state index contributed by atoms with van der Waals surface area (Å²) in [5, 5.41) is 6.65. The summed E-state index contributed by atoms with van der Waals surface area (Å²) < 4.78 is 10.5. The zero-order valence-corrected chi connectivity index (χ0v) is 14.0. The fourth-order valence-electron chi connectivity index (χ4n) is 2.44. The summed E-state index contributed by atoms with van der Waals surface area (Å²) in [7, 11) is 1.37. The van der Waals surface area contributed by atoms with E-state index in [0.29, 0.717) is 29.5 Å². The molecule has 1 aliphatic rings. The normalized spacial score (nSPS) is 17.1. The van der Waals surface area contributed by atoms with Gasteiger partial charge in [0.25, 0.3) is 0 Å². The Morgan fingerprint density at radius 1 is 1.48 bits per heavy atom. The quantitative estimate of drug-likeness (QED) is 0.474. The van der Waals surface area contributed by atoms with Crippen LogP contribution >= 0.6 is 12.2 Å². The van der Waals surface area contributed by atoms with E-state index in [1.807, 2.05) is 31.2 Å². The maximum absolute atomic E-state index is 12.2. The molecule has 122 valence electrons. The van der Waals surface area contributed by atoms with Crippen LogP contribution in [0.1, 0.15) is 24.9 Å². The Bertz CT molecular complexity index is 655. The summed E-state index contributed by atoms with van der Waals surface area (Å²) in [4.78, 5) is 12.2. The number of allylic oxidation sites excluding steroid dienone is 1. The highest BCUT2D eigenvalue weighted by molar-refractivity contribution is 7.80. The molecule has 1 heterocycles. The van der Waals surface area contributed by atoms with Crippen LogP contribution in [0, 0.1) is 0 Å². The van der Waals surface area contributed by atoms with E-state index in [2.05, 4.69) is 17.2 Å². The number of nitrogens with one attached hydrogen (secondary N) is 2. The fraction of sp³-hybridized carbons (Fsp3) is 0.294. The number of carbonyl (C=O) groups is 1. The lowest BCUT2D eigenvalue weighted by molar-refractivity contribution is -0.136. The third-order valence-electron chi connectivity index (χ3n) is 3.47. The van der Waals surface area contributed by atoms with Crippen LogP contribution in [0.5, 0.6) is 5.75 Å². The molecule has 23 heavy (non-hydrogen) atoms. The lowest BCUT2D eigenvalue weighted by Crippen LogP contribution is -2.45. The van der Waals surface area contributed by atoms with Crippen molar-refractivity contribution in [2.24, 2.45) is 0 Å². The van der Waals surface area contributed by atoms with Crippen LogP contribution in [0.2, 0.25) is 0 Å². The van der Waals surface area contributed by atoms with Crippen LogP contribution in [0.15, 0.2) is 48.2 Å². The Labute approximate surface area is 141 Å². The summed E-state index contributed by atoms with van der Waals surface area (Å²) in [6.45, 7) is 6.01. The second-order valence-electron chi connectivity index (χ2n) is 4.94. The van der Waals surface area contributed by atoms with E-state index in [0.717, 1.165) is 11.3 Å². The molecule has 0 amide bonds. The second kappa shape index (κ2) is 7.78. The van der Waals surface area contributed by atoms with Gasteiger partial charge in [0.1, 0.15) is 12.4 Å². The van der Waals surface area contributed by atoms with Crippen molar-refractivity contribution in [1.29, 1.82) is 0 Å². The summed E-state index contributed by atoms with van der Waals surface area (Å²) >= 11 is 5.25. The van der Waals surface area contributed by atoms with Crippen molar-refractivity contribution in [3.63, 3.8) is 0 Å².